The third-order valence-corrected chi connectivity index (χ3v) is 8.97. The lowest BCUT2D eigenvalue weighted by atomic mass is 9.62. The molecule has 3 saturated heterocycles. The fourth-order valence-corrected chi connectivity index (χ4v) is 7.22. The molecule has 4 nitrogen and oxygen atoms in total. The predicted octanol–water partition coefficient (Wildman–Crippen LogP) is 1.34. The number of fused-ring (bicyclic) bond motifs is 2. The molecule has 0 saturated carbocycles. The molecular formula is C25H40N2O2+2. The van der Waals surface area contributed by atoms with Gasteiger partial charge in [0.2, 0.25) is 0 Å². The fourth-order valence-electron chi connectivity index (χ4n) is 7.22. The molecule has 2 aliphatic carbocycles. The Morgan fingerprint density at radius 3 is 2.66 bits per heavy atom. The highest BCUT2D eigenvalue weighted by atomic mass is 16.6. The monoisotopic (exact) mass is 400 g/mol. The van der Waals surface area contributed by atoms with Crippen LogP contribution in [0.5, 0.6) is 0 Å². The van der Waals surface area contributed by atoms with E-state index in [4.69, 9.17) is 4.74 Å². The third-order valence-electron chi connectivity index (χ3n) is 8.97. The van der Waals surface area contributed by atoms with E-state index in [9.17, 15) is 4.79 Å². The third kappa shape index (κ3) is 3.72. The van der Waals surface area contributed by atoms with Gasteiger partial charge in [-0.3, -0.25) is 4.79 Å². The molecule has 0 radical (unpaired) electrons. The summed E-state index contributed by atoms with van der Waals surface area (Å²) in [5.41, 5.74) is 3.15. The van der Waals surface area contributed by atoms with Crippen molar-refractivity contribution in [3.8, 4) is 0 Å². The van der Waals surface area contributed by atoms with Gasteiger partial charge in [-0.2, -0.15) is 0 Å². The molecule has 160 valence electrons. The summed E-state index contributed by atoms with van der Waals surface area (Å²) in [6, 6.07) is 0.870. The second kappa shape index (κ2) is 7.85. The van der Waals surface area contributed by atoms with Crippen LogP contribution >= 0.6 is 0 Å². The highest BCUT2D eigenvalue weighted by molar-refractivity contribution is 5.76. The van der Waals surface area contributed by atoms with E-state index in [0.717, 1.165) is 25.4 Å². The highest BCUT2D eigenvalue weighted by Gasteiger charge is 2.52. The molecule has 0 bridgehead atoms. The van der Waals surface area contributed by atoms with E-state index < -0.39 is 0 Å². The largest absolute Gasteiger partial charge is 0.461 e. The first-order valence-electron chi connectivity index (χ1n) is 12.3. The molecule has 5 rings (SSSR count). The number of quaternary nitrogens is 2. The molecule has 5 aliphatic rings. The van der Waals surface area contributed by atoms with Gasteiger partial charge in [-0.05, 0) is 56.4 Å². The Kier molecular flexibility index (Phi) is 5.36. The van der Waals surface area contributed by atoms with Gasteiger partial charge in [0, 0.05) is 18.8 Å². The van der Waals surface area contributed by atoms with Crippen LogP contribution in [0.3, 0.4) is 0 Å². The van der Waals surface area contributed by atoms with Crippen LogP contribution in [0.4, 0.5) is 0 Å². The van der Waals surface area contributed by atoms with Crippen molar-refractivity contribution in [2.75, 3.05) is 32.7 Å². The maximum atomic E-state index is 12.8. The number of carbonyl (C=O) groups excluding carboxylic acids is 1. The molecule has 3 aliphatic heterocycles. The maximum Gasteiger partial charge on any atom is 0.315 e. The lowest BCUT2D eigenvalue weighted by Crippen LogP contribution is -3.21. The van der Waals surface area contributed by atoms with E-state index in [1.807, 2.05) is 4.90 Å². The Morgan fingerprint density at radius 2 is 1.90 bits per heavy atom. The molecule has 0 aromatic rings. The van der Waals surface area contributed by atoms with Gasteiger partial charge in [-0.15, -0.1) is 0 Å². The van der Waals surface area contributed by atoms with Gasteiger partial charge in [0.1, 0.15) is 12.0 Å². The summed E-state index contributed by atoms with van der Waals surface area (Å²) in [6.45, 7) is 10.9. The topological polar surface area (TPSA) is 35.2 Å². The summed E-state index contributed by atoms with van der Waals surface area (Å²) < 4.78 is 5.96. The van der Waals surface area contributed by atoms with E-state index in [1.54, 1.807) is 4.90 Å². The summed E-state index contributed by atoms with van der Waals surface area (Å²) in [6.07, 6.45) is 15.3. The average molecular weight is 401 g/mol. The van der Waals surface area contributed by atoms with Gasteiger partial charge in [-0.25, -0.2) is 0 Å². The van der Waals surface area contributed by atoms with E-state index >= 15 is 0 Å². The number of hydrogen-bond donors (Lipinski definition) is 2. The second-order valence-electron chi connectivity index (χ2n) is 10.9. The fraction of sp³-hybridized carbons (Fsp3) is 0.800. The molecule has 4 heteroatoms. The first-order chi connectivity index (χ1) is 14.0. The SMILES string of the molecule is CC1=CCC[C@]2(C)C[C@H]3OC(=O)[C@@H](C[NH+]4CCC([NH+]5CCCCC5)CC4)[C@H]3C=C12. The summed E-state index contributed by atoms with van der Waals surface area (Å²) >= 11 is 0. The van der Waals surface area contributed by atoms with Crippen LogP contribution in [0.2, 0.25) is 0 Å². The molecule has 0 aromatic carbocycles. The van der Waals surface area contributed by atoms with Crippen LogP contribution in [0, 0.1) is 17.3 Å². The van der Waals surface area contributed by atoms with Crippen molar-refractivity contribution in [1.29, 1.82) is 0 Å². The zero-order valence-corrected chi connectivity index (χ0v) is 18.5. The number of allylic oxidation sites excluding steroid dienone is 3. The van der Waals surface area contributed by atoms with Crippen LogP contribution in [-0.2, 0) is 9.53 Å². The lowest BCUT2D eigenvalue weighted by Gasteiger charge is -2.43. The van der Waals surface area contributed by atoms with Crippen molar-refractivity contribution in [2.24, 2.45) is 17.3 Å². The number of nitrogens with one attached hydrogen (secondary N) is 2. The number of likely N-dealkylation sites (tertiary alicyclic amines) is 2. The maximum absolute atomic E-state index is 12.8. The Balaban J connectivity index is 1.24. The molecule has 2 N–H and O–H groups in total. The molecular weight excluding hydrogens is 360 g/mol. The first-order valence-corrected chi connectivity index (χ1v) is 12.3. The minimum Gasteiger partial charge on any atom is -0.461 e. The van der Waals surface area contributed by atoms with Crippen molar-refractivity contribution in [1.82, 2.24) is 0 Å². The summed E-state index contributed by atoms with van der Waals surface area (Å²) in [7, 11) is 0. The average Bonchev–Trinajstić information content (AvgIpc) is 3.01. The number of piperidine rings is 2. The zero-order chi connectivity index (χ0) is 20.0. The molecule has 3 heterocycles. The number of hydrogen-bond acceptors (Lipinski definition) is 2. The van der Waals surface area contributed by atoms with E-state index in [1.165, 1.54) is 75.9 Å². The Bertz CT molecular complexity index is 700. The molecule has 29 heavy (non-hydrogen) atoms. The lowest BCUT2D eigenvalue weighted by molar-refractivity contribution is -0.961. The minimum absolute atomic E-state index is 0.0701. The van der Waals surface area contributed by atoms with Gasteiger partial charge < -0.3 is 14.5 Å². The van der Waals surface area contributed by atoms with Crippen LogP contribution in [0.15, 0.2) is 23.3 Å². The summed E-state index contributed by atoms with van der Waals surface area (Å²) in [5.74, 6) is 0.447. The van der Waals surface area contributed by atoms with Gasteiger partial charge in [0.25, 0.3) is 0 Å². The molecule has 0 unspecified atom stereocenters. The van der Waals surface area contributed by atoms with Crippen molar-refractivity contribution < 1.29 is 19.3 Å². The van der Waals surface area contributed by atoms with Gasteiger partial charge >= 0.3 is 5.97 Å². The van der Waals surface area contributed by atoms with Crippen LogP contribution in [0.25, 0.3) is 0 Å². The predicted molar refractivity (Wildman–Crippen MR) is 114 cm³/mol. The van der Waals surface area contributed by atoms with E-state index in [-0.39, 0.29) is 23.4 Å². The van der Waals surface area contributed by atoms with Crippen molar-refractivity contribution in [3.63, 3.8) is 0 Å². The summed E-state index contributed by atoms with van der Waals surface area (Å²) in [5, 5.41) is 0. The normalized spacial score (nSPS) is 43.1. The Morgan fingerprint density at radius 1 is 1.14 bits per heavy atom. The van der Waals surface area contributed by atoms with Crippen molar-refractivity contribution in [3.05, 3.63) is 23.3 Å². The van der Waals surface area contributed by atoms with E-state index in [2.05, 4.69) is 26.0 Å². The number of carbonyl (C=O) groups is 1. The van der Waals surface area contributed by atoms with Gasteiger partial charge in [0.05, 0.1) is 38.8 Å². The second-order valence-corrected chi connectivity index (χ2v) is 10.9. The molecule has 0 amide bonds. The Labute approximate surface area is 176 Å². The van der Waals surface area contributed by atoms with Crippen molar-refractivity contribution in [2.45, 2.75) is 77.4 Å². The quantitative estimate of drug-likeness (QED) is 0.702. The van der Waals surface area contributed by atoms with E-state index in [0.29, 0.717) is 5.92 Å². The number of rotatable bonds is 3. The molecule has 0 spiro atoms. The standard InChI is InChI=1S/C25H38N2O2/c1-18-7-6-10-25(2)16-23-20(15-22(18)25)21(24(28)29-23)17-26-13-8-19(9-14-26)27-11-4-3-5-12-27/h7,15,19-21,23H,3-6,8-14,16-17H2,1-2H3/p+2/t20-,21+,23-,25-/m1/s1. The highest BCUT2D eigenvalue weighted by Crippen LogP contribution is 2.52. The smallest absolute Gasteiger partial charge is 0.315 e. The number of esters is 1. The zero-order valence-electron chi connectivity index (χ0n) is 18.5. The number of ether oxygens (including phenoxy) is 1. The van der Waals surface area contributed by atoms with Gasteiger partial charge in [-0.1, -0.05) is 24.6 Å². The minimum atomic E-state index is 0.0701. The van der Waals surface area contributed by atoms with Gasteiger partial charge in [0.15, 0.2) is 0 Å². The Hall–Kier alpha value is -1.13. The first kappa shape index (κ1) is 19.8. The summed E-state index contributed by atoms with van der Waals surface area (Å²) in [4.78, 5) is 16.3. The molecule has 4 atom stereocenters. The van der Waals surface area contributed by atoms with Crippen LogP contribution < -0.4 is 9.80 Å². The molecule has 0 aromatic heterocycles. The molecule has 3 fully saturated rings. The van der Waals surface area contributed by atoms with Crippen molar-refractivity contribution >= 4 is 5.97 Å². The van der Waals surface area contributed by atoms with Crippen LogP contribution in [-0.4, -0.2) is 50.8 Å². The van der Waals surface area contributed by atoms with Crippen LogP contribution in [0.1, 0.15) is 65.2 Å².